The third kappa shape index (κ3) is 2.59. The van der Waals surface area contributed by atoms with Crippen molar-refractivity contribution in [3.05, 3.63) is 52.4 Å². The number of methoxy groups -OCH3 is 1. The summed E-state index contributed by atoms with van der Waals surface area (Å²) in [5.41, 5.74) is 1.74. The molecule has 0 aliphatic heterocycles. The van der Waals surface area contributed by atoms with Gasteiger partial charge in [-0.25, -0.2) is 0 Å². The molecule has 0 bridgehead atoms. The molecule has 1 atom stereocenters. The van der Waals surface area contributed by atoms with Crippen molar-refractivity contribution in [3.63, 3.8) is 0 Å². The van der Waals surface area contributed by atoms with E-state index >= 15 is 0 Å². The van der Waals surface area contributed by atoms with Crippen LogP contribution in [0.2, 0.25) is 5.02 Å². The summed E-state index contributed by atoms with van der Waals surface area (Å²) < 4.78 is 10.3. The fraction of sp³-hybridized carbons (Fsp3) is 0.231. The SMILES string of the molecule is COc1ccc(C(Cl)c2coc(C)c2)c(Cl)c1. The lowest BCUT2D eigenvalue weighted by Gasteiger charge is -2.10. The van der Waals surface area contributed by atoms with Gasteiger partial charge in [-0.2, -0.15) is 0 Å². The van der Waals surface area contributed by atoms with Gasteiger partial charge in [-0.15, -0.1) is 11.6 Å². The van der Waals surface area contributed by atoms with Crippen LogP contribution in [0.5, 0.6) is 5.75 Å². The molecule has 1 aromatic carbocycles. The minimum absolute atomic E-state index is 0.314. The van der Waals surface area contributed by atoms with Crippen molar-refractivity contribution >= 4 is 23.2 Å². The average molecular weight is 271 g/mol. The molecule has 2 rings (SSSR count). The summed E-state index contributed by atoms with van der Waals surface area (Å²) in [6, 6.07) is 7.35. The maximum absolute atomic E-state index is 6.36. The summed E-state index contributed by atoms with van der Waals surface area (Å²) in [5, 5.41) is 0.272. The molecule has 0 N–H and O–H groups in total. The number of ether oxygens (including phenoxy) is 1. The van der Waals surface area contributed by atoms with Crippen LogP contribution in [0.15, 0.2) is 34.9 Å². The van der Waals surface area contributed by atoms with Crippen LogP contribution < -0.4 is 4.74 Å². The Morgan fingerprint density at radius 2 is 2.06 bits per heavy atom. The predicted molar refractivity (Wildman–Crippen MR) is 69.1 cm³/mol. The van der Waals surface area contributed by atoms with Crippen molar-refractivity contribution in [2.75, 3.05) is 7.11 Å². The molecule has 4 heteroatoms. The molecule has 0 amide bonds. The zero-order valence-electron chi connectivity index (χ0n) is 9.54. The third-order valence-corrected chi connectivity index (χ3v) is 3.34. The fourth-order valence-electron chi connectivity index (χ4n) is 1.62. The molecule has 0 radical (unpaired) electrons. The molecule has 1 aromatic heterocycles. The van der Waals surface area contributed by atoms with Gasteiger partial charge in [-0.05, 0) is 30.7 Å². The van der Waals surface area contributed by atoms with Crippen molar-refractivity contribution < 1.29 is 9.15 Å². The highest BCUT2D eigenvalue weighted by atomic mass is 35.5. The zero-order valence-corrected chi connectivity index (χ0v) is 11.0. The van der Waals surface area contributed by atoms with Crippen molar-refractivity contribution in [2.45, 2.75) is 12.3 Å². The van der Waals surface area contributed by atoms with E-state index in [4.69, 9.17) is 32.4 Å². The Morgan fingerprint density at radius 3 is 2.59 bits per heavy atom. The van der Waals surface area contributed by atoms with Crippen molar-refractivity contribution in [1.29, 1.82) is 0 Å². The second-order valence-corrected chi connectivity index (χ2v) is 4.58. The molecule has 0 spiro atoms. The standard InChI is InChI=1S/C13H12Cl2O2/c1-8-5-9(7-17-8)13(15)11-4-3-10(16-2)6-12(11)14/h3-7,13H,1-2H3. The summed E-state index contributed by atoms with van der Waals surface area (Å²) in [6.45, 7) is 1.88. The molecule has 0 aliphatic rings. The van der Waals surface area contributed by atoms with E-state index in [2.05, 4.69) is 0 Å². The van der Waals surface area contributed by atoms with E-state index in [0.717, 1.165) is 16.9 Å². The molecule has 0 aliphatic carbocycles. The topological polar surface area (TPSA) is 22.4 Å². The summed E-state index contributed by atoms with van der Waals surface area (Å²) in [7, 11) is 1.60. The Bertz CT molecular complexity index is 520. The van der Waals surface area contributed by atoms with E-state index < -0.39 is 0 Å². The van der Waals surface area contributed by atoms with Gasteiger partial charge in [0.15, 0.2) is 0 Å². The van der Waals surface area contributed by atoms with Crippen molar-refractivity contribution in [1.82, 2.24) is 0 Å². The van der Waals surface area contributed by atoms with Gasteiger partial charge >= 0.3 is 0 Å². The minimum atomic E-state index is -0.314. The van der Waals surface area contributed by atoms with Crippen LogP contribution in [0.3, 0.4) is 0 Å². The number of aryl methyl sites for hydroxylation is 1. The second-order valence-electron chi connectivity index (χ2n) is 3.74. The zero-order chi connectivity index (χ0) is 12.4. The molecule has 2 aromatic rings. The first-order valence-electron chi connectivity index (χ1n) is 5.14. The quantitative estimate of drug-likeness (QED) is 0.762. The predicted octanol–water partition coefficient (Wildman–Crippen LogP) is 4.58. The summed E-state index contributed by atoms with van der Waals surface area (Å²) in [4.78, 5) is 0. The van der Waals surface area contributed by atoms with Crippen LogP contribution in [0, 0.1) is 6.92 Å². The first kappa shape index (κ1) is 12.3. The first-order chi connectivity index (χ1) is 8.11. The van der Waals surface area contributed by atoms with Gasteiger partial charge in [0.25, 0.3) is 0 Å². The van der Waals surface area contributed by atoms with Gasteiger partial charge in [0.05, 0.1) is 18.8 Å². The number of hydrogen-bond acceptors (Lipinski definition) is 2. The summed E-state index contributed by atoms with van der Waals surface area (Å²) >= 11 is 12.5. The monoisotopic (exact) mass is 270 g/mol. The van der Waals surface area contributed by atoms with Gasteiger partial charge in [-0.3, -0.25) is 0 Å². The smallest absolute Gasteiger partial charge is 0.120 e. The number of furan rings is 1. The largest absolute Gasteiger partial charge is 0.497 e. The van der Waals surface area contributed by atoms with E-state index in [9.17, 15) is 0 Å². The van der Waals surface area contributed by atoms with E-state index in [1.165, 1.54) is 0 Å². The third-order valence-electron chi connectivity index (χ3n) is 2.52. The molecule has 90 valence electrons. The molecule has 1 unspecified atom stereocenters. The molecule has 0 saturated heterocycles. The van der Waals surface area contributed by atoms with Crippen molar-refractivity contribution in [3.8, 4) is 5.75 Å². The van der Waals surface area contributed by atoms with Crippen LogP contribution in [0.25, 0.3) is 0 Å². The maximum Gasteiger partial charge on any atom is 0.120 e. The summed E-state index contributed by atoms with van der Waals surface area (Å²) in [6.07, 6.45) is 1.65. The van der Waals surface area contributed by atoms with Gasteiger partial charge in [0.1, 0.15) is 11.5 Å². The van der Waals surface area contributed by atoms with Crippen LogP contribution in [0.4, 0.5) is 0 Å². The maximum atomic E-state index is 6.36. The van der Waals surface area contributed by atoms with Gasteiger partial charge in [0, 0.05) is 10.6 Å². The van der Waals surface area contributed by atoms with Crippen LogP contribution >= 0.6 is 23.2 Å². The number of hydrogen-bond donors (Lipinski definition) is 0. The molecule has 1 heterocycles. The van der Waals surface area contributed by atoms with Gasteiger partial charge in [0.2, 0.25) is 0 Å². The fourth-order valence-corrected chi connectivity index (χ4v) is 2.26. The summed E-state index contributed by atoms with van der Waals surface area (Å²) in [5.74, 6) is 1.54. The van der Waals surface area contributed by atoms with Crippen molar-refractivity contribution in [2.24, 2.45) is 0 Å². The normalized spacial score (nSPS) is 12.5. The number of rotatable bonds is 3. The Labute approximate surface area is 110 Å². The Kier molecular flexibility index (Phi) is 3.65. The van der Waals surface area contributed by atoms with E-state index in [1.54, 1.807) is 19.4 Å². The number of halogens is 2. The van der Waals surface area contributed by atoms with Gasteiger partial charge < -0.3 is 9.15 Å². The Morgan fingerprint density at radius 1 is 1.29 bits per heavy atom. The molecular formula is C13H12Cl2O2. The molecule has 17 heavy (non-hydrogen) atoms. The van der Waals surface area contributed by atoms with E-state index in [0.29, 0.717) is 10.8 Å². The first-order valence-corrected chi connectivity index (χ1v) is 5.96. The van der Waals surface area contributed by atoms with E-state index in [-0.39, 0.29) is 5.38 Å². The lowest BCUT2D eigenvalue weighted by atomic mass is 10.1. The molecule has 2 nitrogen and oxygen atoms in total. The highest BCUT2D eigenvalue weighted by Gasteiger charge is 2.16. The molecular weight excluding hydrogens is 259 g/mol. The highest BCUT2D eigenvalue weighted by molar-refractivity contribution is 6.33. The second kappa shape index (κ2) is 5.03. The van der Waals surface area contributed by atoms with Crippen LogP contribution in [0.1, 0.15) is 22.3 Å². The number of benzene rings is 1. The molecule has 0 saturated carbocycles. The lowest BCUT2D eigenvalue weighted by Crippen LogP contribution is -1.93. The average Bonchev–Trinajstić information content (AvgIpc) is 2.75. The number of alkyl halides is 1. The van der Waals surface area contributed by atoms with E-state index in [1.807, 2.05) is 25.1 Å². The Hall–Kier alpha value is -1.12. The van der Waals surface area contributed by atoms with Crippen LogP contribution in [-0.4, -0.2) is 7.11 Å². The highest BCUT2D eigenvalue weighted by Crippen LogP contribution is 2.36. The van der Waals surface area contributed by atoms with Gasteiger partial charge in [-0.1, -0.05) is 17.7 Å². The minimum Gasteiger partial charge on any atom is -0.497 e. The Balaban J connectivity index is 2.34. The molecule has 0 fully saturated rings. The lowest BCUT2D eigenvalue weighted by molar-refractivity contribution is 0.414. The van der Waals surface area contributed by atoms with Crippen LogP contribution in [-0.2, 0) is 0 Å².